The van der Waals surface area contributed by atoms with Crippen molar-refractivity contribution in [2.45, 2.75) is 19.9 Å². The second-order valence-corrected chi connectivity index (χ2v) is 7.88. The van der Waals surface area contributed by atoms with Crippen LogP contribution in [-0.2, 0) is 4.74 Å². The molecule has 1 unspecified atom stereocenters. The Labute approximate surface area is 179 Å². The van der Waals surface area contributed by atoms with Crippen LogP contribution in [0.2, 0.25) is 0 Å². The van der Waals surface area contributed by atoms with Gasteiger partial charge in [-0.25, -0.2) is 0 Å². The van der Waals surface area contributed by atoms with Gasteiger partial charge in [-0.15, -0.1) is 0 Å². The van der Waals surface area contributed by atoms with Crippen molar-refractivity contribution in [2.75, 3.05) is 46.6 Å². The summed E-state index contributed by atoms with van der Waals surface area (Å²) in [6.45, 7) is 8.50. The van der Waals surface area contributed by atoms with Crippen molar-refractivity contribution in [2.24, 2.45) is 5.92 Å². The molecular weight excluding hydrogens is 380 g/mol. The molecule has 1 fully saturated rings. The van der Waals surface area contributed by atoms with Gasteiger partial charge in [-0.2, -0.15) is 0 Å². The fraction of sp³-hybridized carbons (Fsp3) is 0.458. The topological polar surface area (TPSA) is 60.0 Å². The highest BCUT2D eigenvalue weighted by Crippen LogP contribution is 2.24. The third kappa shape index (κ3) is 6.21. The van der Waals surface area contributed by atoms with Crippen LogP contribution in [0.3, 0.4) is 0 Å². The Kier molecular flexibility index (Phi) is 8.11. The van der Waals surface area contributed by atoms with Gasteiger partial charge in [0, 0.05) is 25.2 Å². The van der Waals surface area contributed by atoms with E-state index in [0.29, 0.717) is 37.8 Å². The predicted molar refractivity (Wildman–Crippen MR) is 117 cm³/mol. The minimum Gasteiger partial charge on any atom is -0.497 e. The fourth-order valence-corrected chi connectivity index (χ4v) is 3.43. The fourth-order valence-electron chi connectivity index (χ4n) is 3.43. The zero-order valence-electron chi connectivity index (χ0n) is 18.1. The van der Waals surface area contributed by atoms with Gasteiger partial charge in [-0.3, -0.25) is 9.69 Å². The number of nitrogens with zero attached hydrogens (tertiary/aromatic N) is 1. The maximum Gasteiger partial charge on any atom is 0.251 e. The molecule has 1 N–H and O–H groups in total. The van der Waals surface area contributed by atoms with Crippen molar-refractivity contribution in [1.82, 2.24) is 10.2 Å². The van der Waals surface area contributed by atoms with Crippen LogP contribution in [0.15, 0.2) is 48.5 Å². The third-order valence-corrected chi connectivity index (χ3v) is 5.14. The van der Waals surface area contributed by atoms with Gasteiger partial charge >= 0.3 is 0 Å². The number of carbonyl (C=O) groups is 1. The number of nitrogens with one attached hydrogen (secondary N) is 1. The molecule has 6 heteroatoms. The van der Waals surface area contributed by atoms with E-state index in [1.54, 1.807) is 7.11 Å². The molecule has 1 saturated heterocycles. The van der Waals surface area contributed by atoms with Gasteiger partial charge in [0.2, 0.25) is 0 Å². The Morgan fingerprint density at radius 2 is 1.67 bits per heavy atom. The molecule has 1 aliphatic rings. The molecule has 0 aromatic heterocycles. The third-order valence-electron chi connectivity index (χ3n) is 5.14. The molecule has 2 aromatic rings. The Morgan fingerprint density at radius 3 is 2.27 bits per heavy atom. The van der Waals surface area contributed by atoms with Gasteiger partial charge in [-0.1, -0.05) is 26.0 Å². The largest absolute Gasteiger partial charge is 0.497 e. The first-order chi connectivity index (χ1) is 14.6. The van der Waals surface area contributed by atoms with Crippen LogP contribution < -0.4 is 14.8 Å². The molecule has 30 heavy (non-hydrogen) atoms. The molecule has 3 rings (SSSR count). The number of methoxy groups -OCH3 is 1. The average Bonchev–Trinajstić information content (AvgIpc) is 2.79. The molecule has 1 atom stereocenters. The second-order valence-electron chi connectivity index (χ2n) is 7.88. The van der Waals surface area contributed by atoms with E-state index < -0.39 is 0 Å². The molecule has 1 heterocycles. The van der Waals surface area contributed by atoms with E-state index in [1.807, 2.05) is 36.4 Å². The number of hydrogen-bond donors (Lipinski definition) is 1. The Bertz CT molecular complexity index is 784. The van der Waals surface area contributed by atoms with E-state index in [2.05, 4.69) is 36.2 Å². The molecule has 1 amide bonds. The number of ether oxygens (including phenoxy) is 3. The summed E-state index contributed by atoms with van der Waals surface area (Å²) in [5, 5.41) is 3.10. The molecule has 0 aliphatic carbocycles. The first-order valence-electron chi connectivity index (χ1n) is 10.5. The standard InChI is InChI=1S/C24H32N2O4/c1-18(2)17-30-22-10-6-20(7-11-22)24(27)25-16-23(26-12-14-29-15-13-26)19-4-8-21(28-3)9-5-19/h4-11,18,23H,12-17H2,1-3H3,(H,25,27). The average molecular weight is 413 g/mol. The minimum absolute atomic E-state index is 0.0809. The van der Waals surface area contributed by atoms with Crippen molar-refractivity contribution < 1.29 is 19.0 Å². The highest BCUT2D eigenvalue weighted by Gasteiger charge is 2.23. The lowest BCUT2D eigenvalue weighted by Crippen LogP contribution is -2.43. The Morgan fingerprint density at radius 1 is 1.03 bits per heavy atom. The van der Waals surface area contributed by atoms with Crippen LogP contribution in [0.5, 0.6) is 11.5 Å². The molecule has 0 saturated carbocycles. The SMILES string of the molecule is COc1ccc(C(CNC(=O)c2ccc(OCC(C)C)cc2)N2CCOCC2)cc1. The van der Waals surface area contributed by atoms with Gasteiger partial charge in [-0.05, 0) is 47.9 Å². The number of rotatable bonds is 9. The Hall–Kier alpha value is -2.57. The maximum absolute atomic E-state index is 12.7. The lowest BCUT2D eigenvalue weighted by Gasteiger charge is -2.35. The summed E-state index contributed by atoms with van der Waals surface area (Å²) in [5.74, 6) is 1.98. The predicted octanol–water partition coefficient (Wildman–Crippen LogP) is 3.53. The van der Waals surface area contributed by atoms with E-state index in [1.165, 1.54) is 0 Å². The Balaban J connectivity index is 1.64. The van der Waals surface area contributed by atoms with Crippen molar-refractivity contribution in [1.29, 1.82) is 0 Å². The summed E-state index contributed by atoms with van der Waals surface area (Å²) in [4.78, 5) is 15.1. The van der Waals surface area contributed by atoms with Gasteiger partial charge in [0.25, 0.3) is 5.91 Å². The highest BCUT2D eigenvalue weighted by atomic mass is 16.5. The minimum atomic E-state index is -0.0859. The zero-order chi connectivity index (χ0) is 21.3. The zero-order valence-corrected chi connectivity index (χ0v) is 18.1. The van der Waals surface area contributed by atoms with Crippen LogP contribution >= 0.6 is 0 Å². The van der Waals surface area contributed by atoms with E-state index >= 15 is 0 Å². The summed E-state index contributed by atoms with van der Waals surface area (Å²) in [5.41, 5.74) is 1.78. The molecule has 6 nitrogen and oxygen atoms in total. The number of amides is 1. The summed E-state index contributed by atoms with van der Waals surface area (Å²) in [6.07, 6.45) is 0. The van der Waals surface area contributed by atoms with Crippen molar-refractivity contribution in [3.63, 3.8) is 0 Å². The molecule has 0 bridgehead atoms. The summed E-state index contributed by atoms with van der Waals surface area (Å²) < 4.78 is 16.5. The lowest BCUT2D eigenvalue weighted by atomic mass is 10.0. The summed E-state index contributed by atoms with van der Waals surface area (Å²) in [7, 11) is 1.66. The smallest absolute Gasteiger partial charge is 0.251 e. The van der Waals surface area contributed by atoms with Gasteiger partial charge in [0.05, 0.1) is 33.0 Å². The first-order valence-corrected chi connectivity index (χ1v) is 10.5. The van der Waals surface area contributed by atoms with Gasteiger partial charge < -0.3 is 19.5 Å². The van der Waals surface area contributed by atoms with Gasteiger partial charge in [0.15, 0.2) is 0 Å². The molecule has 0 radical (unpaired) electrons. The molecule has 0 spiro atoms. The molecule has 162 valence electrons. The second kappa shape index (κ2) is 11.0. The van der Waals surface area contributed by atoms with Crippen LogP contribution in [0.25, 0.3) is 0 Å². The van der Waals surface area contributed by atoms with Crippen LogP contribution in [0, 0.1) is 5.92 Å². The van der Waals surface area contributed by atoms with E-state index in [-0.39, 0.29) is 11.9 Å². The maximum atomic E-state index is 12.7. The van der Waals surface area contributed by atoms with Crippen LogP contribution in [0.4, 0.5) is 0 Å². The van der Waals surface area contributed by atoms with E-state index in [9.17, 15) is 4.79 Å². The van der Waals surface area contributed by atoms with E-state index in [4.69, 9.17) is 14.2 Å². The number of morpholine rings is 1. The molecular formula is C24H32N2O4. The van der Waals surface area contributed by atoms with Crippen molar-refractivity contribution in [3.8, 4) is 11.5 Å². The number of hydrogen-bond acceptors (Lipinski definition) is 5. The van der Waals surface area contributed by atoms with Crippen molar-refractivity contribution in [3.05, 3.63) is 59.7 Å². The van der Waals surface area contributed by atoms with E-state index in [0.717, 1.165) is 30.2 Å². The normalized spacial score (nSPS) is 15.6. The van der Waals surface area contributed by atoms with Crippen LogP contribution in [0.1, 0.15) is 35.8 Å². The highest BCUT2D eigenvalue weighted by molar-refractivity contribution is 5.94. The molecule has 2 aromatic carbocycles. The molecule has 1 aliphatic heterocycles. The number of carbonyl (C=O) groups excluding carboxylic acids is 1. The first kappa shape index (κ1) is 22.1. The van der Waals surface area contributed by atoms with Gasteiger partial charge in [0.1, 0.15) is 11.5 Å². The van der Waals surface area contributed by atoms with Crippen molar-refractivity contribution >= 4 is 5.91 Å². The lowest BCUT2D eigenvalue weighted by molar-refractivity contribution is 0.0162. The van der Waals surface area contributed by atoms with Crippen LogP contribution in [-0.4, -0.2) is 57.4 Å². The quantitative estimate of drug-likeness (QED) is 0.683. The monoisotopic (exact) mass is 412 g/mol. The number of benzene rings is 2. The summed E-state index contributed by atoms with van der Waals surface area (Å²) >= 11 is 0. The summed E-state index contributed by atoms with van der Waals surface area (Å²) in [6, 6.07) is 15.4.